The lowest BCUT2D eigenvalue weighted by Gasteiger charge is -2.43. The Hall–Kier alpha value is -6.03. The topological polar surface area (TPSA) is 144 Å². The molecule has 0 saturated heterocycles. The van der Waals surface area contributed by atoms with Gasteiger partial charge in [0.15, 0.2) is 21.5 Å². The highest BCUT2D eigenvalue weighted by atomic mass is 35.5. The Morgan fingerprint density at radius 2 is 1.07 bits per heavy atom. The van der Waals surface area contributed by atoms with Gasteiger partial charge in [-0.05, 0) is 61.4 Å². The molecule has 0 bridgehead atoms. The van der Waals surface area contributed by atoms with Crippen molar-refractivity contribution in [2.24, 2.45) is 0 Å². The minimum absolute atomic E-state index is 0.370. The number of benzene rings is 4. The third-order valence-electron chi connectivity index (χ3n) is 9.54. The summed E-state index contributed by atoms with van der Waals surface area (Å²) in [5.74, 6) is 1.26. The molecule has 0 saturated carbocycles. The largest absolute Gasteiger partial charge is 0.494 e. The molecule has 8 aromatic rings. The molecule has 4 N–H and O–H groups in total. The van der Waals surface area contributed by atoms with Crippen molar-refractivity contribution in [3.63, 3.8) is 0 Å². The maximum atomic E-state index is 13.4. The first-order chi connectivity index (χ1) is 27.6. The predicted molar refractivity (Wildman–Crippen MR) is 224 cm³/mol. The molecule has 8 rings (SSSR count). The van der Waals surface area contributed by atoms with Gasteiger partial charge < -0.3 is 39.5 Å². The minimum atomic E-state index is -2.09. The zero-order valence-corrected chi connectivity index (χ0v) is 33.6. The van der Waals surface area contributed by atoms with E-state index in [0.29, 0.717) is 59.0 Å². The van der Waals surface area contributed by atoms with Crippen LogP contribution in [0.3, 0.4) is 0 Å². The molecule has 0 aliphatic heterocycles. The van der Waals surface area contributed by atoms with Gasteiger partial charge in [0.25, 0.3) is 0 Å². The number of thiazole rings is 2. The van der Waals surface area contributed by atoms with Crippen molar-refractivity contribution in [2.75, 3.05) is 24.9 Å². The molecular formula is C42H37ClN8O4S2. The van der Waals surface area contributed by atoms with Gasteiger partial charge in [-0.2, -0.15) is 0 Å². The highest BCUT2D eigenvalue weighted by Crippen LogP contribution is 2.53. The van der Waals surface area contributed by atoms with E-state index in [9.17, 15) is 10.2 Å². The Morgan fingerprint density at radius 1 is 0.614 bits per heavy atom. The third-order valence-corrected chi connectivity index (χ3v) is 11.8. The predicted octanol–water partition coefficient (Wildman–Crippen LogP) is 8.92. The Morgan fingerprint density at radius 3 is 1.49 bits per heavy atom. The Labute approximate surface area is 341 Å². The first-order valence-corrected chi connectivity index (χ1v) is 19.7. The lowest BCUT2D eigenvalue weighted by molar-refractivity contribution is -0.109. The van der Waals surface area contributed by atoms with Crippen LogP contribution in [0.5, 0.6) is 11.5 Å². The molecule has 0 aliphatic carbocycles. The van der Waals surface area contributed by atoms with Gasteiger partial charge in [-0.25, -0.2) is 19.9 Å². The fraction of sp³-hybridized carbons (Fsp3) is 0.143. The van der Waals surface area contributed by atoms with Crippen LogP contribution in [0.25, 0.3) is 11.4 Å². The average Bonchev–Trinajstić information content (AvgIpc) is 4.07. The van der Waals surface area contributed by atoms with Crippen molar-refractivity contribution >= 4 is 55.9 Å². The van der Waals surface area contributed by atoms with Gasteiger partial charge in [0.2, 0.25) is 0 Å². The molecule has 0 fully saturated rings. The van der Waals surface area contributed by atoms with Crippen molar-refractivity contribution in [1.29, 1.82) is 0 Å². The fourth-order valence-electron chi connectivity index (χ4n) is 6.72. The second-order valence-electron chi connectivity index (χ2n) is 13.2. The number of methoxy groups -OCH3 is 2. The van der Waals surface area contributed by atoms with Gasteiger partial charge in [-0.1, -0.05) is 76.7 Å². The molecular weight excluding hydrogens is 780 g/mol. The molecule has 15 heteroatoms. The van der Waals surface area contributed by atoms with Gasteiger partial charge in [0.05, 0.1) is 59.4 Å². The number of imidazole rings is 2. The number of nitrogens with one attached hydrogen (secondary N) is 2. The summed E-state index contributed by atoms with van der Waals surface area (Å²) in [6.45, 7) is 3.85. The second kappa shape index (κ2) is 15.5. The summed E-state index contributed by atoms with van der Waals surface area (Å²) in [7, 11) is 3.23. The molecule has 2 atom stereocenters. The van der Waals surface area contributed by atoms with E-state index in [0.717, 1.165) is 22.8 Å². The van der Waals surface area contributed by atoms with Crippen LogP contribution in [-0.2, 0) is 11.2 Å². The lowest BCUT2D eigenvalue weighted by atomic mass is 9.72. The molecule has 0 aliphatic rings. The van der Waals surface area contributed by atoms with Crippen LogP contribution in [0.1, 0.15) is 32.3 Å². The van der Waals surface area contributed by atoms with Crippen molar-refractivity contribution in [2.45, 2.75) is 25.0 Å². The van der Waals surface area contributed by atoms with E-state index in [4.69, 9.17) is 21.1 Å². The molecule has 0 amide bonds. The van der Waals surface area contributed by atoms with Crippen molar-refractivity contribution < 1.29 is 19.7 Å². The number of rotatable bonds is 13. The van der Waals surface area contributed by atoms with E-state index in [1.165, 1.54) is 22.7 Å². The SMILES string of the molecule is COc1cc(Nc2ncc(C(O)(c3ccccc3)C(O)(c3ccc(Cl)cc3)c3cnc(Nc4ccc(-n5cnc(C)c5)c(OC)c4)s3)s2)ccc1-n1cnc(C)c1. The number of ether oxygens (including phenoxy) is 2. The van der Waals surface area contributed by atoms with E-state index in [-0.39, 0.29) is 0 Å². The van der Waals surface area contributed by atoms with Crippen LogP contribution < -0.4 is 20.1 Å². The van der Waals surface area contributed by atoms with Gasteiger partial charge in [0, 0.05) is 53.3 Å². The summed E-state index contributed by atoms with van der Waals surface area (Å²) in [6, 6.07) is 27.3. The molecule has 4 aromatic heterocycles. The Balaban J connectivity index is 1.18. The van der Waals surface area contributed by atoms with E-state index in [2.05, 4.69) is 30.6 Å². The number of halogens is 1. The number of hydrogen-bond acceptors (Lipinski definition) is 12. The van der Waals surface area contributed by atoms with E-state index >= 15 is 0 Å². The average molecular weight is 817 g/mol. The summed E-state index contributed by atoms with van der Waals surface area (Å²) in [5, 5.41) is 34.9. The molecule has 4 heterocycles. The van der Waals surface area contributed by atoms with E-state index in [1.54, 1.807) is 75.7 Å². The highest BCUT2D eigenvalue weighted by molar-refractivity contribution is 7.16. The summed E-state index contributed by atoms with van der Waals surface area (Å²) in [4.78, 5) is 18.8. The number of aliphatic hydroxyl groups is 2. The third kappa shape index (κ3) is 7.13. The number of nitrogens with zero attached hydrogens (tertiary/aromatic N) is 6. The van der Waals surface area contributed by atoms with Crippen molar-refractivity contribution in [1.82, 2.24) is 29.1 Å². The summed E-state index contributed by atoms with van der Waals surface area (Å²) >= 11 is 8.79. The zero-order valence-electron chi connectivity index (χ0n) is 31.2. The smallest absolute Gasteiger partial charge is 0.187 e. The summed E-state index contributed by atoms with van der Waals surface area (Å²) in [6.07, 6.45) is 10.5. The van der Waals surface area contributed by atoms with Crippen LogP contribution in [-0.4, -0.2) is 53.5 Å². The normalized spacial score (nSPS) is 13.5. The molecule has 12 nitrogen and oxygen atoms in total. The number of hydrogen-bond donors (Lipinski definition) is 4. The van der Waals surface area contributed by atoms with Crippen LogP contribution in [0.2, 0.25) is 5.02 Å². The zero-order chi connectivity index (χ0) is 39.7. The number of aromatic nitrogens is 6. The number of anilines is 4. The standard InChI is InChI=1S/C42H37ClN8O4S2/c1-26-22-50(24-46-26)33-16-14-31(18-35(33)54-3)48-39-44-20-37(56-39)41(52,28-8-6-5-7-9-28)42(53,29-10-12-30(43)13-11-29)38-21-45-40(57-38)49-32-15-17-34(36(19-32)55-4)51-23-27(2)47-25-51/h5-25,52-53H,1-4H3,(H,44,48)(H,45,49). The molecule has 4 aromatic carbocycles. The number of aryl methyl sites for hydroxylation is 2. The first-order valence-electron chi connectivity index (χ1n) is 17.7. The Bertz CT molecular complexity index is 2660. The first kappa shape index (κ1) is 37.9. The van der Waals surface area contributed by atoms with Gasteiger partial charge in [-0.3, -0.25) is 0 Å². The summed E-state index contributed by atoms with van der Waals surface area (Å²) in [5.41, 5.74) is 1.53. The van der Waals surface area contributed by atoms with Crippen LogP contribution in [0.4, 0.5) is 21.6 Å². The van der Waals surface area contributed by atoms with Gasteiger partial charge >= 0.3 is 0 Å². The van der Waals surface area contributed by atoms with Crippen LogP contribution in [0.15, 0.2) is 128 Å². The van der Waals surface area contributed by atoms with E-state index in [1.807, 2.05) is 90.0 Å². The van der Waals surface area contributed by atoms with Crippen LogP contribution in [0, 0.1) is 13.8 Å². The highest BCUT2D eigenvalue weighted by Gasteiger charge is 2.56. The monoisotopic (exact) mass is 816 g/mol. The van der Waals surface area contributed by atoms with Crippen molar-refractivity contribution in [3.05, 3.63) is 166 Å². The lowest BCUT2D eigenvalue weighted by Crippen LogP contribution is -2.50. The van der Waals surface area contributed by atoms with Crippen molar-refractivity contribution in [3.8, 4) is 22.9 Å². The molecule has 0 radical (unpaired) electrons. The van der Waals surface area contributed by atoms with Gasteiger partial charge in [0.1, 0.15) is 11.5 Å². The minimum Gasteiger partial charge on any atom is -0.494 e. The molecule has 57 heavy (non-hydrogen) atoms. The quantitative estimate of drug-likeness (QED) is 0.0891. The Kier molecular flexibility index (Phi) is 10.3. The maximum Gasteiger partial charge on any atom is 0.187 e. The van der Waals surface area contributed by atoms with E-state index < -0.39 is 11.2 Å². The van der Waals surface area contributed by atoms with Gasteiger partial charge in [-0.15, -0.1) is 0 Å². The second-order valence-corrected chi connectivity index (χ2v) is 15.7. The van der Waals surface area contributed by atoms with Crippen LogP contribution >= 0.6 is 34.3 Å². The maximum absolute atomic E-state index is 13.4. The summed E-state index contributed by atoms with van der Waals surface area (Å²) < 4.78 is 15.2. The molecule has 288 valence electrons. The molecule has 0 spiro atoms. The molecule has 2 unspecified atom stereocenters. The fourth-order valence-corrected chi connectivity index (χ4v) is 8.85.